The number of hydrogen-bond acceptors (Lipinski definition) is 2. The summed E-state index contributed by atoms with van der Waals surface area (Å²) in [5, 5.41) is 0.556. The molecule has 0 saturated heterocycles. The molecule has 0 bridgehead atoms. The lowest BCUT2D eigenvalue weighted by atomic mass is 10.1. The Morgan fingerprint density at radius 1 is 1.36 bits per heavy atom. The molecule has 0 radical (unpaired) electrons. The van der Waals surface area contributed by atoms with Crippen LogP contribution in [0.15, 0.2) is 18.2 Å². The van der Waals surface area contributed by atoms with E-state index in [0.29, 0.717) is 11.2 Å². The lowest BCUT2D eigenvalue weighted by Crippen LogP contribution is -2.30. The van der Waals surface area contributed by atoms with Crippen molar-refractivity contribution in [3.8, 4) is 0 Å². The van der Waals surface area contributed by atoms with Gasteiger partial charge >= 0.3 is 0 Å². The molecule has 3 heteroatoms. The molecule has 1 aromatic rings. The van der Waals surface area contributed by atoms with Crippen LogP contribution in [0.1, 0.15) is 26.7 Å². The van der Waals surface area contributed by atoms with E-state index in [4.69, 9.17) is 11.6 Å². The highest BCUT2D eigenvalue weighted by Crippen LogP contribution is 2.17. The van der Waals surface area contributed by atoms with Gasteiger partial charge in [-0.05, 0) is 25.0 Å². The van der Waals surface area contributed by atoms with Gasteiger partial charge in [0, 0.05) is 13.1 Å². The zero-order valence-electron chi connectivity index (χ0n) is 9.00. The van der Waals surface area contributed by atoms with Crippen LogP contribution < -0.4 is 4.90 Å². The second kappa shape index (κ2) is 5.20. The first-order valence-corrected chi connectivity index (χ1v) is 5.42. The standard InChI is InChI=1S/C11H17ClN2/c1-4-9(5-2)14(3)11-8-6-7-10(12)13-11/h6-9H,4-5H2,1-3H3. The van der Waals surface area contributed by atoms with Crippen LogP contribution in [-0.2, 0) is 0 Å². The van der Waals surface area contributed by atoms with Gasteiger partial charge in [-0.1, -0.05) is 31.5 Å². The minimum absolute atomic E-state index is 0.543. The van der Waals surface area contributed by atoms with Crippen LogP contribution in [0.4, 0.5) is 5.82 Å². The molecular formula is C11H17ClN2. The number of hydrogen-bond donors (Lipinski definition) is 0. The third kappa shape index (κ3) is 2.61. The molecule has 0 aliphatic heterocycles. The highest BCUT2D eigenvalue weighted by Gasteiger charge is 2.11. The molecule has 1 heterocycles. The summed E-state index contributed by atoms with van der Waals surface area (Å²) in [4.78, 5) is 6.47. The monoisotopic (exact) mass is 212 g/mol. The van der Waals surface area contributed by atoms with E-state index in [2.05, 4.69) is 30.8 Å². The second-order valence-corrected chi connectivity index (χ2v) is 3.79. The zero-order chi connectivity index (χ0) is 10.6. The van der Waals surface area contributed by atoms with Crippen molar-refractivity contribution in [2.24, 2.45) is 0 Å². The summed E-state index contributed by atoms with van der Waals surface area (Å²) in [6.45, 7) is 4.38. The van der Waals surface area contributed by atoms with Crippen molar-refractivity contribution in [1.82, 2.24) is 4.98 Å². The van der Waals surface area contributed by atoms with Crippen molar-refractivity contribution in [3.05, 3.63) is 23.4 Å². The maximum absolute atomic E-state index is 5.84. The van der Waals surface area contributed by atoms with Gasteiger partial charge in [-0.3, -0.25) is 0 Å². The van der Waals surface area contributed by atoms with Gasteiger partial charge in [-0.2, -0.15) is 0 Å². The zero-order valence-corrected chi connectivity index (χ0v) is 9.75. The summed E-state index contributed by atoms with van der Waals surface area (Å²) in [5.41, 5.74) is 0. The molecule has 0 aromatic carbocycles. The number of pyridine rings is 1. The first kappa shape index (κ1) is 11.3. The number of aromatic nitrogens is 1. The van der Waals surface area contributed by atoms with Gasteiger partial charge in [0.15, 0.2) is 0 Å². The number of rotatable bonds is 4. The molecule has 0 amide bonds. The Morgan fingerprint density at radius 2 is 2.00 bits per heavy atom. The largest absolute Gasteiger partial charge is 0.357 e. The fourth-order valence-corrected chi connectivity index (χ4v) is 1.78. The lowest BCUT2D eigenvalue weighted by molar-refractivity contribution is 0.587. The minimum atomic E-state index is 0.543. The molecule has 78 valence electrons. The van der Waals surface area contributed by atoms with E-state index in [9.17, 15) is 0 Å². The van der Waals surface area contributed by atoms with Gasteiger partial charge in [-0.25, -0.2) is 4.98 Å². The Kier molecular flexibility index (Phi) is 4.21. The molecule has 0 unspecified atom stereocenters. The number of anilines is 1. The molecule has 0 atom stereocenters. The molecule has 0 fully saturated rings. The molecular weight excluding hydrogens is 196 g/mol. The normalized spacial score (nSPS) is 10.6. The molecule has 0 saturated carbocycles. The summed E-state index contributed by atoms with van der Waals surface area (Å²) >= 11 is 5.84. The molecule has 0 N–H and O–H groups in total. The fraction of sp³-hybridized carbons (Fsp3) is 0.545. The van der Waals surface area contributed by atoms with Crippen molar-refractivity contribution < 1.29 is 0 Å². The van der Waals surface area contributed by atoms with E-state index >= 15 is 0 Å². The summed E-state index contributed by atoms with van der Waals surface area (Å²) in [7, 11) is 2.07. The van der Waals surface area contributed by atoms with Gasteiger partial charge in [0.25, 0.3) is 0 Å². The average molecular weight is 213 g/mol. The molecule has 0 aliphatic carbocycles. The van der Waals surface area contributed by atoms with Crippen molar-refractivity contribution in [3.63, 3.8) is 0 Å². The van der Waals surface area contributed by atoms with Crippen molar-refractivity contribution in [1.29, 1.82) is 0 Å². The topological polar surface area (TPSA) is 16.1 Å². The Balaban J connectivity index is 2.82. The predicted octanol–water partition coefficient (Wildman–Crippen LogP) is 3.36. The highest BCUT2D eigenvalue weighted by atomic mass is 35.5. The van der Waals surface area contributed by atoms with Gasteiger partial charge in [-0.15, -0.1) is 0 Å². The van der Waals surface area contributed by atoms with Crippen molar-refractivity contribution in [2.75, 3.05) is 11.9 Å². The van der Waals surface area contributed by atoms with Gasteiger partial charge in [0.1, 0.15) is 11.0 Å². The molecule has 14 heavy (non-hydrogen) atoms. The Hall–Kier alpha value is -0.760. The molecule has 1 rings (SSSR count). The lowest BCUT2D eigenvalue weighted by Gasteiger charge is -2.27. The summed E-state index contributed by atoms with van der Waals surface area (Å²) in [6, 6.07) is 6.26. The van der Waals surface area contributed by atoms with Crippen molar-refractivity contribution in [2.45, 2.75) is 32.7 Å². The Bertz CT molecular complexity index is 284. The molecule has 2 nitrogen and oxygen atoms in total. The third-order valence-corrected chi connectivity index (χ3v) is 2.76. The van der Waals surface area contributed by atoms with E-state index in [-0.39, 0.29) is 0 Å². The Labute approximate surface area is 90.9 Å². The number of halogens is 1. The first-order chi connectivity index (χ1) is 6.69. The van der Waals surface area contributed by atoms with Crippen molar-refractivity contribution >= 4 is 17.4 Å². The second-order valence-electron chi connectivity index (χ2n) is 3.40. The van der Waals surface area contributed by atoms with E-state index < -0.39 is 0 Å². The van der Waals surface area contributed by atoms with E-state index in [1.165, 1.54) is 0 Å². The summed E-state index contributed by atoms with van der Waals surface area (Å²) < 4.78 is 0. The van der Waals surface area contributed by atoms with Gasteiger partial charge in [0.2, 0.25) is 0 Å². The van der Waals surface area contributed by atoms with Crippen LogP contribution in [0.25, 0.3) is 0 Å². The average Bonchev–Trinajstić information content (AvgIpc) is 2.19. The van der Waals surface area contributed by atoms with Gasteiger partial charge < -0.3 is 4.90 Å². The van der Waals surface area contributed by atoms with Crippen LogP contribution in [0, 0.1) is 0 Å². The predicted molar refractivity (Wildman–Crippen MR) is 62.0 cm³/mol. The maximum Gasteiger partial charge on any atom is 0.131 e. The van der Waals surface area contributed by atoms with Gasteiger partial charge in [0.05, 0.1) is 0 Å². The van der Waals surface area contributed by atoms with Crippen LogP contribution in [-0.4, -0.2) is 18.1 Å². The molecule has 0 spiro atoms. The quantitative estimate of drug-likeness (QED) is 0.712. The summed E-state index contributed by atoms with van der Waals surface area (Å²) in [5.74, 6) is 0.950. The first-order valence-electron chi connectivity index (χ1n) is 5.04. The minimum Gasteiger partial charge on any atom is -0.357 e. The SMILES string of the molecule is CCC(CC)N(C)c1cccc(Cl)n1. The summed E-state index contributed by atoms with van der Waals surface area (Å²) in [6.07, 6.45) is 2.25. The highest BCUT2D eigenvalue weighted by molar-refractivity contribution is 6.29. The fourth-order valence-electron chi connectivity index (χ4n) is 1.62. The van der Waals surface area contributed by atoms with Crippen LogP contribution in [0.5, 0.6) is 0 Å². The van der Waals surface area contributed by atoms with Crippen LogP contribution in [0.2, 0.25) is 5.15 Å². The Morgan fingerprint density at radius 3 is 2.50 bits per heavy atom. The van der Waals surface area contributed by atoms with Crippen LogP contribution >= 0.6 is 11.6 Å². The number of nitrogens with zero attached hydrogens (tertiary/aromatic N) is 2. The van der Waals surface area contributed by atoms with E-state index in [0.717, 1.165) is 18.7 Å². The van der Waals surface area contributed by atoms with E-state index in [1.54, 1.807) is 6.07 Å². The smallest absolute Gasteiger partial charge is 0.131 e. The van der Waals surface area contributed by atoms with E-state index in [1.807, 2.05) is 12.1 Å². The third-order valence-electron chi connectivity index (χ3n) is 2.55. The van der Waals surface area contributed by atoms with Crippen LogP contribution in [0.3, 0.4) is 0 Å². The molecule has 1 aromatic heterocycles. The maximum atomic E-state index is 5.84. The molecule has 0 aliphatic rings.